The maximum absolute atomic E-state index is 6.26. The Balaban J connectivity index is 1.74. The van der Waals surface area contributed by atoms with Crippen molar-refractivity contribution in [2.24, 2.45) is 5.41 Å². The maximum atomic E-state index is 6.26. The Hall–Kier alpha value is -0.0800. The highest BCUT2D eigenvalue weighted by molar-refractivity contribution is 4.81. The fourth-order valence-corrected chi connectivity index (χ4v) is 2.99. The summed E-state index contributed by atoms with van der Waals surface area (Å²) in [5.41, 5.74) is 0.557. The van der Waals surface area contributed by atoms with Gasteiger partial charge in [0.1, 0.15) is 0 Å². The predicted octanol–water partition coefficient (Wildman–Crippen LogP) is 3.11. The van der Waals surface area contributed by atoms with E-state index in [0.717, 1.165) is 6.54 Å². The Bertz CT molecular complexity index is 217. The van der Waals surface area contributed by atoms with Crippen molar-refractivity contribution in [3.8, 4) is 0 Å². The fourth-order valence-electron chi connectivity index (χ4n) is 2.99. The lowest BCUT2D eigenvalue weighted by molar-refractivity contribution is -0.0603. The van der Waals surface area contributed by atoms with Crippen molar-refractivity contribution in [2.45, 2.75) is 77.5 Å². The Morgan fingerprint density at radius 2 is 1.75 bits per heavy atom. The van der Waals surface area contributed by atoms with Crippen LogP contribution >= 0.6 is 0 Å². The molecule has 1 aliphatic carbocycles. The first-order valence-electron chi connectivity index (χ1n) is 6.94. The number of hydrogen-bond acceptors (Lipinski definition) is 2. The number of rotatable bonds is 2. The van der Waals surface area contributed by atoms with Gasteiger partial charge in [-0.1, -0.05) is 13.8 Å². The van der Waals surface area contributed by atoms with Crippen molar-refractivity contribution in [2.75, 3.05) is 6.54 Å². The van der Waals surface area contributed by atoms with Crippen molar-refractivity contribution in [1.82, 2.24) is 5.32 Å². The second-order valence-corrected chi connectivity index (χ2v) is 6.50. The Morgan fingerprint density at radius 3 is 2.38 bits per heavy atom. The van der Waals surface area contributed by atoms with Crippen molar-refractivity contribution in [1.29, 1.82) is 0 Å². The molecule has 1 aliphatic heterocycles. The molecule has 1 saturated heterocycles. The van der Waals surface area contributed by atoms with E-state index in [1.165, 1.54) is 38.5 Å². The summed E-state index contributed by atoms with van der Waals surface area (Å²) in [6, 6.07) is 0.638. The molecule has 0 spiro atoms. The third kappa shape index (κ3) is 3.46. The molecule has 2 rings (SSSR count). The van der Waals surface area contributed by atoms with Crippen molar-refractivity contribution in [3.05, 3.63) is 0 Å². The molecule has 2 heteroatoms. The van der Waals surface area contributed by atoms with Gasteiger partial charge in [0.05, 0.1) is 12.2 Å². The Kier molecular flexibility index (Phi) is 3.91. The Labute approximate surface area is 100 Å². The van der Waals surface area contributed by atoms with Crippen molar-refractivity contribution in [3.63, 3.8) is 0 Å². The third-order valence-corrected chi connectivity index (χ3v) is 4.25. The van der Waals surface area contributed by atoms with Crippen LogP contribution in [0, 0.1) is 5.41 Å². The monoisotopic (exact) mass is 225 g/mol. The SMILES string of the molecule is CC1CC(OC2CCC(C)(C)CC2)CCN1. The van der Waals surface area contributed by atoms with Gasteiger partial charge in [-0.15, -0.1) is 0 Å². The average molecular weight is 225 g/mol. The van der Waals surface area contributed by atoms with Gasteiger partial charge in [-0.3, -0.25) is 0 Å². The molecule has 1 heterocycles. The van der Waals surface area contributed by atoms with Crippen LogP contribution in [-0.2, 0) is 4.74 Å². The van der Waals surface area contributed by atoms with E-state index in [0.29, 0.717) is 23.7 Å². The standard InChI is InChI=1S/C14H27NO/c1-11-10-13(6-9-15-11)16-12-4-7-14(2,3)8-5-12/h11-13,15H,4-10H2,1-3H3. The van der Waals surface area contributed by atoms with E-state index in [9.17, 15) is 0 Å². The molecule has 0 aromatic rings. The lowest BCUT2D eigenvalue weighted by Crippen LogP contribution is -2.41. The van der Waals surface area contributed by atoms with Crippen LogP contribution in [0.4, 0.5) is 0 Å². The fraction of sp³-hybridized carbons (Fsp3) is 1.00. The van der Waals surface area contributed by atoms with E-state index in [-0.39, 0.29) is 0 Å². The molecule has 2 atom stereocenters. The summed E-state index contributed by atoms with van der Waals surface area (Å²) in [5, 5.41) is 3.48. The minimum Gasteiger partial charge on any atom is -0.375 e. The van der Waals surface area contributed by atoms with Crippen LogP contribution in [0.5, 0.6) is 0 Å². The second kappa shape index (κ2) is 5.05. The summed E-state index contributed by atoms with van der Waals surface area (Å²) in [4.78, 5) is 0. The van der Waals surface area contributed by atoms with Gasteiger partial charge in [-0.2, -0.15) is 0 Å². The molecule has 94 valence electrons. The second-order valence-electron chi connectivity index (χ2n) is 6.50. The summed E-state index contributed by atoms with van der Waals surface area (Å²) in [7, 11) is 0. The number of nitrogens with one attached hydrogen (secondary N) is 1. The van der Waals surface area contributed by atoms with Crippen LogP contribution in [0.1, 0.15) is 59.3 Å². The maximum Gasteiger partial charge on any atom is 0.0605 e. The molecule has 2 unspecified atom stereocenters. The lowest BCUT2D eigenvalue weighted by atomic mass is 9.76. The van der Waals surface area contributed by atoms with Gasteiger partial charge in [-0.25, -0.2) is 0 Å². The van der Waals surface area contributed by atoms with E-state index in [4.69, 9.17) is 4.74 Å². The number of ether oxygens (including phenoxy) is 1. The van der Waals surface area contributed by atoms with Gasteiger partial charge in [0.2, 0.25) is 0 Å². The van der Waals surface area contributed by atoms with E-state index in [1.807, 2.05) is 0 Å². The first kappa shape index (κ1) is 12.4. The van der Waals surface area contributed by atoms with E-state index >= 15 is 0 Å². The van der Waals surface area contributed by atoms with Gasteiger partial charge in [-0.05, 0) is 57.4 Å². The molecular formula is C14H27NO. The topological polar surface area (TPSA) is 21.3 Å². The summed E-state index contributed by atoms with van der Waals surface area (Å²) in [6.45, 7) is 8.16. The van der Waals surface area contributed by atoms with Crippen LogP contribution in [0.2, 0.25) is 0 Å². The van der Waals surface area contributed by atoms with Gasteiger partial charge in [0.25, 0.3) is 0 Å². The van der Waals surface area contributed by atoms with Crippen LogP contribution in [0.3, 0.4) is 0 Å². The predicted molar refractivity (Wildman–Crippen MR) is 67.6 cm³/mol. The lowest BCUT2D eigenvalue weighted by Gasteiger charge is -2.37. The molecule has 1 saturated carbocycles. The molecule has 0 aromatic heterocycles. The molecule has 16 heavy (non-hydrogen) atoms. The molecule has 1 N–H and O–H groups in total. The minimum atomic E-state index is 0.516. The molecule has 2 aliphatic rings. The van der Waals surface area contributed by atoms with Gasteiger partial charge >= 0.3 is 0 Å². The highest BCUT2D eigenvalue weighted by Crippen LogP contribution is 2.37. The van der Waals surface area contributed by atoms with Gasteiger partial charge in [0.15, 0.2) is 0 Å². The average Bonchev–Trinajstić information content (AvgIpc) is 2.21. The number of piperidine rings is 1. The summed E-state index contributed by atoms with van der Waals surface area (Å²) < 4.78 is 6.26. The molecule has 0 bridgehead atoms. The normalized spacial score (nSPS) is 36.2. The molecule has 0 amide bonds. The van der Waals surface area contributed by atoms with Crippen LogP contribution < -0.4 is 5.32 Å². The minimum absolute atomic E-state index is 0.516. The van der Waals surface area contributed by atoms with Gasteiger partial charge < -0.3 is 10.1 Å². The van der Waals surface area contributed by atoms with E-state index < -0.39 is 0 Å². The number of hydrogen-bond donors (Lipinski definition) is 1. The molecule has 0 aromatic carbocycles. The first-order chi connectivity index (χ1) is 7.55. The van der Waals surface area contributed by atoms with E-state index in [2.05, 4.69) is 26.1 Å². The summed E-state index contributed by atoms with van der Waals surface area (Å²) in [5.74, 6) is 0. The smallest absolute Gasteiger partial charge is 0.0605 e. The summed E-state index contributed by atoms with van der Waals surface area (Å²) >= 11 is 0. The zero-order valence-corrected chi connectivity index (χ0v) is 11.1. The highest BCUT2D eigenvalue weighted by atomic mass is 16.5. The van der Waals surface area contributed by atoms with E-state index in [1.54, 1.807) is 0 Å². The zero-order chi connectivity index (χ0) is 11.6. The Morgan fingerprint density at radius 1 is 1.06 bits per heavy atom. The van der Waals surface area contributed by atoms with Crippen molar-refractivity contribution < 1.29 is 4.74 Å². The third-order valence-electron chi connectivity index (χ3n) is 4.25. The van der Waals surface area contributed by atoms with Gasteiger partial charge in [0, 0.05) is 6.04 Å². The quantitative estimate of drug-likeness (QED) is 0.779. The molecule has 0 radical (unpaired) electrons. The van der Waals surface area contributed by atoms with Crippen LogP contribution in [0.15, 0.2) is 0 Å². The molecular weight excluding hydrogens is 198 g/mol. The molecule has 2 fully saturated rings. The highest BCUT2D eigenvalue weighted by Gasteiger charge is 2.29. The molecule has 2 nitrogen and oxygen atoms in total. The largest absolute Gasteiger partial charge is 0.375 e. The first-order valence-corrected chi connectivity index (χ1v) is 6.94. The summed E-state index contributed by atoms with van der Waals surface area (Å²) in [6.07, 6.45) is 8.66. The van der Waals surface area contributed by atoms with Crippen LogP contribution in [0.25, 0.3) is 0 Å². The van der Waals surface area contributed by atoms with Crippen molar-refractivity contribution >= 4 is 0 Å². The van der Waals surface area contributed by atoms with Crippen LogP contribution in [-0.4, -0.2) is 24.8 Å². The zero-order valence-electron chi connectivity index (χ0n) is 11.1.